The van der Waals surface area contributed by atoms with Crippen molar-refractivity contribution >= 4 is 10.9 Å². The van der Waals surface area contributed by atoms with Crippen LogP contribution in [0.1, 0.15) is 32.8 Å². The van der Waals surface area contributed by atoms with Crippen molar-refractivity contribution in [2.75, 3.05) is 20.8 Å². The molecular formula is C22H34N2O2. The average Bonchev–Trinajstić information content (AvgIpc) is 2.71. The molecule has 1 aromatic carbocycles. The summed E-state index contributed by atoms with van der Waals surface area (Å²) in [6, 6.07) is 8.74. The lowest BCUT2D eigenvalue weighted by Gasteiger charge is -2.34. The molecule has 26 heavy (non-hydrogen) atoms. The van der Waals surface area contributed by atoms with Crippen molar-refractivity contribution in [2.45, 2.75) is 39.7 Å². The van der Waals surface area contributed by atoms with Crippen molar-refractivity contribution in [3.05, 3.63) is 48.7 Å². The molecule has 3 atom stereocenters. The van der Waals surface area contributed by atoms with Crippen LogP contribution >= 0.6 is 0 Å². The number of methoxy groups -OCH3 is 1. The van der Waals surface area contributed by atoms with E-state index in [1.54, 1.807) is 7.11 Å². The molecule has 0 radical (unpaired) electrons. The molecule has 3 unspecified atom stereocenters. The SMILES string of the molecule is C=CC1CNC(Cc2ccnc3ccc(OC)cc23)CC1C.CC.CO. The van der Waals surface area contributed by atoms with Gasteiger partial charge in [0.15, 0.2) is 0 Å². The molecule has 0 aliphatic carbocycles. The maximum atomic E-state index is 7.00. The van der Waals surface area contributed by atoms with E-state index in [1.807, 2.05) is 32.2 Å². The zero-order chi connectivity index (χ0) is 19.5. The Morgan fingerprint density at radius 2 is 2.04 bits per heavy atom. The number of rotatable bonds is 4. The predicted molar refractivity (Wildman–Crippen MR) is 111 cm³/mol. The Hall–Kier alpha value is -1.91. The maximum Gasteiger partial charge on any atom is 0.119 e. The van der Waals surface area contributed by atoms with E-state index in [4.69, 9.17) is 9.84 Å². The Labute approximate surface area is 158 Å². The number of benzene rings is 1. The van der Waals surface area contributed by atoms with Crippen LogP contribution in [0, 0.1) is 11.8 Å². The van der Waals surface area contributed by atoms with Gasteiger partial charge in [0.05, 0.1) is 12.6 Å². The summed E-state index contributed by atoms with van der Waals surface area (Å²) in [5, 5.41) is 11.9. The van der Waals surface area contributed by atoms with Crippen molar-refractivity contribution in [1.29, 1.82) is 0 Å². The van der Waals surface area contributed by atoms with Crippen molar-refractivity contribution < 1.29 is 9.84 Å². The fraction of sp³-hybridized carbons (Fsp3) is 0.500. The van der Waals surface area contributed by atoms with Crippen LogP contribution in [0.25, 0.3) is 10.9 Å². The minimum absolute atomic E-state index is 0.517. The van der Waals surface area contributed by atoms with Gasteiger partial charge in [-0.3, -0.25) is 4.98 Å². The van der Waals surface area contributed by atoms with Gasteiger partial charge >= 0.3 is 0 Å². The summed E-state index contributed by atoms with van der Waals surface area (Å²) in [4.78, 5) is 4.46. The van der Waals surface area contributed by atoms with E-state index in [9.17, 15) is 0 Å². The number of hydrogen-bond acceptors (Lipinski definition) is 4. The molecule has 4 nitrogen and oxygen atoms in total. The van der Waals surface area contributed by atoms with Gasteiger partial charge in [-0.25, -0.2) is 0 Å². The first-order valence-corrected chi connectivity index (χ1v) is 9.43. The van der Waals surface area contributed by atoms with Gasteiger partial charge in [-0.2, -0.15) is 0 Å². The third-order valence-corrected chi connectivity index (χ3v) is 4.84. The molecule has 0 amide bonds. The van der Waals surface area contributed by atoms with Crippen LogP contribution in [-0.2, 0) is 6.42 Å². The van der Waals surface area contributed by atoms with Gasteiger partial charge in [0.1, 0.15) is 5.75 Å². The number of ether oxygens (including phenoxy) is 1. The fourth-order valence-corrected chi connectivity index (χ4v) is 3.43. The molecule has 144 valence electrons. The highest BCUT2D eigenvalue weighted by molar-refractivity contribution is 5.83. The highest BCUT2D eigenvalue weighted by Gasteiger charge is 2.25. The highest BCUT2D eigenvalue weighted by atomic mass is 16.5. The second-order valence-corrected chi connectivity index (χ2v) is 6.27. The van der Waals surface area contributed by atoms with Crippen molar-refractivity contribution in [3.8, 4) is 5.75 Å². The lowest BCUT2D eigenvalue weighted by molar-refractivity contribution is 0.262. The summed E-state index contributed by atoms with van der Waals surface area (Å²) in [5.41, 5.74) is 2.37. The van der Waals surface area contributed by atoms with Crippen LogP contribution in [0.5, 0.6) is 5.75 Å². The van der Waals surface area contributed by atoms with E-state index in [-0.39, 0.29) is 0 Å². The zero-order valence-electron chi connectivity index (χ0n) is 16.8. The molecule has 2 N–H and O–H groups in total. The summed E-state index contributed by atoms with van der Waals surface area (Å²) in [7, 11) is 2.71. The van der Waals surface area contributed by atoms with Crippen LogP contribution in [0.3, 0.4) is 0 Å². The molecule has 0 spiro atoms. The van der Waals surface area contributed by atoms with Gasteiger partial charge in [-0.1, -0.05) is 26.8 Å². The third-order valence-electron chi connectivity index (χ3n) is 4.84. The van der Waals surface area contributed by atoms with Gasteiger partial charge in [0.2, 0.25) is 0 Å². The van der Waals surface area contributed by atoms with Crippen molar-refractivity contribution in [2.24, 2.45) is 11.8 Å². The third kappa shape index (κ3) is 5.55. The Bertz CT molecular complexity index is 672. The van der Waals surface area contributed by atoms with Crippen LogP contribution in [0.4, 0.5) is 0 Å². The first kappa shape index (κ1) is 22.1. The molecule has 2 aromatic rings. The zero-order valence-corrected chi connectivity index (χ0v) is 16.8. The molecule has 1 aliphatic rings. The van der Waals surface area contributed by atoms with E-state index in [0.717, 1.165) is 31.3 Å². The van der Waals surface area contributed by atoms with Gasteiger partial charge in [0.25, 0.3) is 0 Å². The van der Waals surface area contributed by atoms with Crippen LogP contribution in [0.2, 0.25) is 0 Å². The number of aromatic nitrogens is 1. The molecule has 1 aromatic heterocycles. The molecule has 0 saturated carbocycles. The van der Waals surface area contributed by atoms with Gasteiger partial charge in [-0.15, -0.1) is 6.58 Å². The number of pyridine rings is 1. The van der Waals surface area contributed by atoms with E-state index in [2.05, 4.69) is 42.0 Å². The van der Waals surface area contributed by atoms with E-state index >= 15 is 0 Å². The van der Waals surface area contributed by atoms with Gasteiger partial charge in [0, 0.05) is 31.3 Å². The molecule has 1 saturated heterocycles. The Morgan fingerprint density at radius 1 is 1.31 bits per heavy atom. The number of piperidine rings is 1. The van der Waals surface area contributed by atoms with Crippen molar-refractivity contribution in [3.63, 3.8) is 0 Å². The molecule has 4 heteroatoms. The quantitative estimate of drug-likeness (QED) is 0.804. The first-order chi connectivity index (χ1) is 12.7. The molecule has 3 rings (SSSR count). The molecule has 1 aliphatic heterocycles. The number of aliphatic hydroxyl groups excluding tert-OH is 1. The lowest BCUT2D eigenvalue weighted by atomic mass is 9.82. The Balaban J connectivity index is 0.000000791. The summed E-state index contributed by atoms with van der Waals surface area (Å²) >= 11 is 0. The first-order valence-electron chi connectivity index (χ1n) is 9.43. The summed E-state index contributed by atoms with van der Waals surface area (Å²) in [5.74, 6) is 2.16. The molecule has 1 fully saturated rings. The second kappa shape index (κ2) is 11.7. The normalized spacial score (nSPS) is 21.7. The predicted octanol–water partition coefficient (Wildman–Crippen LogP) is 4.22. The highest BCUT2D eigenvalue weighted by Crippen LogP contribution is 2.27. The van der Waals surface area contributed by atoms with E-state index < -0.39 is 0 Å². The average molecular weight is 359 g/mol. The topological polar surface area (TPSA) is 54.4 Å². The molecule has 0 bridgehead atoms. The summed E-state index contributed by atoms with van der Waals surface area (Å²) in [6.07, 6.45) is 6.20. The standard InChI is InChI=1S/C19H24N2O.C2H6.CH4O/c1-4-14-12-21-16(9-13(14)2)10-15-7-8-20-19-6-5-17(22-3)11-18(15)19;2*1-2/h4-8,11,13-14,16,21H,1,9-10,12H2,2-3H3;1-2H3;2H,1H3. The minimum Gasteiger partial charge on any atom is -0.497 e. The molecular weight excluding hydrogens is 324 g/mol. The van der Waals surface area contributed by atoms with Crippen LogP contribution < -0.4 is 10.1 Å². The maximum absolute atomic E-state index is 7.00. The lowest BCUT2D eigenvalue weighted by Crippen LogP contribution is -2.43. The minimum atomic E-state index is 0.517. The fourth-order valence-electron chi connectivity index (χ4n) is 3.43. The summed E-state index contributed by atoms with van der Waals surface area (Å²) in [6.45, 7) is 11.3. The van der Waals surface area contributed by atoms with E-state index in [0.29, 0.717) is 17.9 Å². The number of hydrogen-bond donors (Lipinski definition) is 2. The monoisotopic (exact) mass is 358 g/mol. The number of nitrogens with zero attached hydrogens (tertiary/aromatic N) is 1. The smallest absolute Gasteiger partial charge is 0.119 e. The second-order valence-electron chi connectivity index (χ2n) is 6.27. The van der Waals surface area contributed by atoms with Crippen LogP contribution in [0.15, 0.2) is 43.1 Å². The van der Waals surface area contributed by atoms with Crippen molar-refractivity contribution in [1.82, 2.24) is 10.3 Å². The van der Waals surface area contributed by atoms with Gasteiger partial charge in [-0.05, 0) is 54.5 Å². The number of nitrogens with one attached hydrogen (secondary N) is 1. The van der Waals surface area contributed by atoms with Crippen LogP contribution in [-0.4, -0.2) is 36.9 Å². The molecule has 2 heterocycles. The summed E-state index contributed by atoms with van der Waals surface area (Å²) < 4.78 is 5.36. The number of fused-ring (bicyclic) bond motifs is 1. The largest absolute Gasteiger partial charge is 0.497 e. The van der Waals surface area contributed by atoms with E-state index in [1.165, 1.54) is 17.4 Å². The number of aliphatic hydroxyl groups is 1. The Morgan fingerprint density at radius 3 is 2.65 bits per heavy atom. The Kier molecular flexibility index (Phi) is 9.92. The van der Waals surface area contributed by atoms with Gasteiger partial charge < -0.3 is 15.2 Å².